The van der Waals surface area contributed by atoms with Gasteiger partial charge in [-0.2, -0.15) is 0 Å². The number of hydrogen-bond acceptors (Lipinski definition) is 7. The molecule has 1 aliphatic rings. The van der Waals surface area contributed by atoms with Crippen LogP contribution < -0.4 is 9.47 Å². The second-order valence-corrected chi connectivity index (χ2v) is 10.5. The van der Waals surface area contributed by atoms with Crippen molar-refractivity contribution in [2.24, 2.45) is 4.99 Å². The van der Waals surface area contributed by atoms with E-state index >= 15 is 0 Å². The molecule has 1 N–H and O–H groups in total. The molecule has 1 aliphatic heterocycles. The van der Waals surface area contributed by atoms with E-state index in [0.29, 0.717) is 21.5 Å². The predicted octanol–water partition coefficient (Wildman–Crippen LogP) is 7.53. The number of halogens is 3. The number of carbonyl (C=O) groups is 2. The lowest BCUT2D eigenvalue weighted by Gasteiger charge is -2.14. The van der Waals surface area contributed by atoms with Crippen LogP contribution in [0.5, 0.6) is 11.5 Å². The summed E-state index contributed by atoms with van der Waals surface area (Å²) >= 11 is 10.6. The number of nitrogens with zero attached hydrogens (tertiary/aromatic N) is 1. The summed E-state index contributed by atoms with van der Waals surface area (Å²) in [6, 6.07) is 15.8. The molecule has 1 heterocycles. The Bertz CT molecular complexity index is 1550. The zero-order chi connectivity index (χ0) is 28.8. The van der Waals surface area contributed by atoms with E-state index in [0.717, 1.165) is 17.3 Å². The number of rotatable bonds is 8. The van der Waals surface area contributed by atoms with Crippen LogP contribution in [-0.4, -0.2) is 35.7 Å². The van der Waals surface area contributed by atoms with Gasteiger partial charge in [0.25, 0.3) is 5.91 Å². The minimum absolute atomic E-state index is 0.0163. The van der Waals surface area contributed by atoms with E-state index in [1.54, 1.807) is 55.5 Å². The summed E-state index contributed by atoms with van der Waals surface area (Å²) in [7, 11) is 1.48. The SMILES string of the molecule is CCOC(=O)C1=C(O)/C(=C/c2cc(Br)c(OCc3ccc(F)cc3)c(OC)c2)SC1=NC(=O)c1ccccc1Cl. The minimum atomic E-state index is -0.815. The standard InChI is InChI=1S/C29H22BrClFNO6S/c1-3-38-29(36)24-25(34)23(40-28(24)33-27(35)19-6-4-5-7-21(19)31)14-17-12-20(30)26(22(13-17)37-2)39-15-16-8-10-18(32)11-9-16/h4-14,34H,3,15H2,1-2H3/b23-14-,33-28?. The topological polar surface area (TPSA) is 94.4 Å². The summed E-state index contributed by atoms with van der Waals surface area (Å²) in [5.74, 6) is -1.38. The maximum atomic E-state index is 13.2. The van der Waals surface area contributed by atoms with Crippen molar-refractivity contribution in [1.29, 1.82) is 0 Å². The van der Waals surface area contributed by atoms with Gasteiger partial charge in [0.1, 0.15) is 28.8 Å². The summed E-state index contributed by atoms with van der Waals surface area (Å²) in [6.07, 6.45) is 1.61. The number of benzene rings is 3. The summed E-state index contributed by atoms with van der Waals surface area (Å²) in [5.41, 5.74) is 1.29. The second kappa shape index (κ2) is 13.2. The molecular formula is C29H22BrClFNO6S. The van der Waals surface area contributed by atoms with Crippen LogP contribution in [0.4, 0.5) is 4.39 Å². The van der Waals surface area contributed by atoms with Gasteiger partial charge in [0.15, 0.2) is 11.5 Å². The molecule has 0 fully saturated rings. The van der Waals surface area contributed by atoms with Gasteiger partial charge in [-0.25, -0.2) is 14.2 Å². The minimum Gasteiger partial charge on any atom is -0.506 e. The molecule has 3 aromatic rings. The highest BCUT2D eigenvalue weighted by atomic mass is 79.9. The first-order valence-corrected chi connectivity index (χ1v) is 13.8. The van der Waals surface area contributed by atoms with Crippen LogP contribution in [0.15, 0.2) is 86.4 Å². The number of thioether (sulfide) groups is 1. The van der Waals surface area contributed by atoms with Gasteiger partial charge in [0, 0.05) is 0 Å². The molecule has 0 atom stereocenters. The average Bonchev–Trinajstić information content (AvgIpc) is 3.22. The molecule has 0 aliphatic carbocycles. The first kappa shape index (κ1) is 29.4. The largest absolute Gasteiger partial charge is 0.506 e. The highest BCUT2D eigenvalue weighted by Crippen LogP contribution is 2.42. The van der Waals surface area contributed by atoms with Crippen molar-refractivity contribution in [1.82, 2.24) is 0 Å². The Morgan fingerprint density at radius 3 is 2.55 bits per heavy atom. The molecule has 0 radical (unpaired) electrons. The molecule has 11 heteroatoms. The number of hydrogen-bond donors (Lipinski definition) is 1. The van der Waals surface area contributed by atoms with Crippen molar-refractivity contribution in [3.8, 4) is 11.5 Å². The zero-order valence-electron chi connectivity index (χ0n) is 21.2. The monoisotopic (exact) mass is 645 g/mol. The molecule has 7 nitrogen and oxygen atoms in total. The fourth-order valence-electron chi connectivity index (χ4n) is 3.63. The fraction of sp³-hybridized carbons (Fsp3) is 0.138. The highest BCUT2D eigenvalue weighted by molar-refractivity contribution is 9.10. The van der Waals surface area contributed by atoms with Gasteiger partial charge in [0.05, 0.1) is 33.7 Å². The molecule has 0 spiro atoms. The van der Waals surface area contributed by atoms with Crippen molar-refractivity contribution >= 4 is 62.3 Å². The van der Waals surface area contributed by atoms with Crippen LogP contribution in [0, 0.1) is 5.82 Å². The number of carbonyl (C=O) groups excluding carboxylic acids is 2. The van der Waals surface area contributed by atoms with Crippen molar-refractivity contribution in [2.75, 3.05) is 13.7 Å². The Kier molecular flexibility index (Phi) is 9.67. The molecule has 206 valence electrons. The Balaban J connectivity index is 1.66. The molecule has 0 saturated carbocycles. The lowest BCUT2D eigenvalue weighted by molar-refractivity contribution is -0.138. The quantitative estimate of drug-likeness (QED) is 0.253. The van der Waals surface area contributed by atoms with Crippen LogP contribution >= 0.6 is 39.3 Å². The molecule has 0 aromatic heterocycles. The summed E-state index contributed by atoms with van der Waals surface area (Å²) in [6.45, 7) is 1.87. The van der Waals surface area contributed by atoms with Crippen molar-refractivity contribution in [3.05, 3.63) is 109 Å². The Morgan fingerprint density at radius 1 is 1.15 bits per heavy atom. The predicted molar refractivity (Wildman–Crippen MR) is 156 cm³/mol. The number of amides is 1. The van der Waals surface area contributed by atoms with Crippen LogP contribution in [0.3, 0.4) is 0 Å². The van der Waals surface area contributed by atoms with Crippen molar-refractivity contribution < 1.29 is 33.3 Å². The maximum Gasteiger partial charge on any atom is 0.344 e. The maximum absolute atomic E-state index is 13.2. The van der Waals surface area contributed by atoms with Gasteiger partial charge in [0.2, 0.25) is 0 Å². The number of aliphatic hydroxyl groups is 1. The van der Waals surface area contributed by atoms with Gasteiger partial charge < -0.3 is 19.3 Å². The highest BCUT2D eigenvalue weighted by Gasteiger charge is 2.34. The first-order chi connectivity index (χ1) is 19.2. The molecular weight excluding hydrogens is 625 g/mol. The van der Waals surface area contributed by atoms with Crippen LogP contribution in [0.25, 0.3) is 6.08 Å². The third-order valence-electron chi connectivity index (χ3n) is 5.52. The van der Waals surface area contributed by atoms with Gasteiger partial charge in [-0.15, -0.1) is 0 Å². The summed E-state index contributed by atoms with van der Waals surface area (Å²) < 4.78 is 30.3. The van der Waals surface area contributed by atoms with Crippen LogP contribution in [-0.2, 0) is 16.1 Å². The fourth-order valence-corrected chi connectivity index (χ4v) is 5.43. The Labute approximate surface area is 247 Å². The third-order valence-corrected chi connectivity index (χ3v) is 7.46. The number of methoxy groups -OCH3 is 1. The lowest BCUT2D eigenvalue weighted by Crippen LogP contribution is -2.14. The van der Waals surface area contributed by atoms with E-state index in [1.165, 1.54) is 25.3 Å². The second-order valence-electron chi connectivity index (χ2n) is 8.21. The normalized spacial score (nSPS) is 15.0. The smallest absolute Gasteiger partial charge is 0.344 e. The molecule has 0 unspecified atom stereocenters. The van der Waals surface area contributed by atoms with E-state index in [9.17, 15) is 19.1 Å². The number of aliphatic hydroxyl groups excluding tert-OH is 1. The van der Waals surface area contributed by atoms with E-state index in [1.807, 2.05) is 0 Å². The molecule has 0 bridgehead atoms. The lowest BCUT2D eigenvalue weighted by atomic mass is 10.1. The van der Waals surface area contributed by atoms with Gasteiger partial charge in [-0.05, 0) is 76.5 Å². The van der Waals surface area contributed by atoms with Crippen molar-refractivity contribution in [3.63, 3.8) is 0 Å². The van der Waals surface area contributed by atoms with Gasteiger partial charge in [-0.3, -0.25) is 4.79 Å². The number of esters is 1. The number of aliphatic imine (C=N–C) groups is 1. The van der Waals surface area contributed by atoms with Crippen molar-refractivity contribution in [2.45, 2.75) is 13.5 Å². The number of ether oxygens (including phenoxy) is 3. The van der Waals surface area contributed by atoms with E-state index in [4.69, 9.17) is 25.8 Å². The summed E-state index contributed by atoms with van der Waals surface area (Å²) in [4.78, 5) is 29.9. The van der Waals surface area contributed by atoms with Crippen LogP contribution in [0.2, 0.25) is 5.02 Å². The Hall–Kier alpha value is -3.60. The van der Waals surface area contributed by atoms with E-state index in [-0.39, 0.29) is 50.9 Å². The summed E-state index contributed by atoms with van der Waals surface area (Å²) in [5, 5.41) is 11.2. The van der Waals surface area contributed by atoms with E-state index < -0.39 is 11.9 Å². The Morgan fingerprint density at radius 2 is 1.88 bits per heavy atom. The van der Waals surface area contributed by atoms with Crippen LogP contribution in [0.1, 0.15) is 28.4 Å². The zero-order valence-corrected chi connectivity index (χ0v) is 24.4. The van der Waals surface area contributed by atoms with Gasteiger partial charge in [-0.1, -0.05) is 47.6 Å². The van der Waals surface area contributed by atoms with Gasteiger partial charge >= 0.3 is 5.97 Å². The molecule has 4 rings (SSSR count). The molecule has 40 heavy (non-hydrogen) atoms. The molecule has 1 amide bonds. The first-order valence-electron chi connectivity index (χ1n) is 11.8. The van der Waals surface area contributed by atoms with E-state index in [2.05, 4.69) is 20.9 Å². The third kappa shape index (κ3) is 6.75. The molecule has 3 aromatic carbocycles. The average molecular weight is 647 g/mol. The molecule has 0 saturated heterocycles.